The van der Waals surface area contributed by atoms with Gasteiger partial charge in [-0.05, 0) is 24.5 Å². The van der Waals surface area contributed by atoms with E-state index in [1.165, 1.54) is 5.56 Å². The van der Waals surface area contributed by atoms with Crippen LogP contribution in [0.3, 0.4) is 0 Å². The van der Waals surface area contributed by atoms with Gasteiger partial charge in [-0.2, -0.15) is 0 Å². The second kappa shape index (κ2) is 7.63. The molecule has 1 saturated heterocycles. The van der Waals surface area contributed by atoms with Crippen LogP contribution >= 0.6 is 0 Å². The standard InChI is InChI=1S/C21H23N7O/c22-21-23-12-15(13-24-21)18-11-19(28-7-9-29-10-8-28)27-20(26-18)17-6-5-14-3-1-2-4-16(14)25-17/h1-4,11-13,17,25H,5-10H2,(H2,22,23,24). The molecule has 148 valence electrons. The number of aryl methyl sites for hydroxylation is 1. The molecule has 8 heteroatoms. The van der Waals surface area contributed by atoms with E-state index in [0.717, 1.165) is 54.5 Å². The van der Waals surface area contributed by atoms with Gasteiger partial charge in [-0.1, -0.05) is 18.2 Å². The highest BCUT2D eigenvalue weighted by molar-refractivity contribution is 5.62. The molecule has 0 spiro atoms. The van der Waals surface area contributed by atoms with Gasteiger partial charge in [0.15, 0.2) is 5.82 Å². The lowest BCUT2D eigenvalue weighted by molar-refractivity contribution is 0.122. The number of nitrogens with two attached hydrogens (primary N) is 1. The Labute approximate surface area is 169 Å². The maximum absolute atomic E-state index is 5.66. The second-order valence-electron chi connectivity index (χ2n) is 7.29. The third kappa shape index (κ3) is 3.71. The molecule has 1 fully saturated rings. The highest BCUT2D eigenvalue weighted by Crippen LogP contribution is 2.33. The highest BCUT2D eigenvalue weighted by Gasteiger charge is 2.24. The minimum absolute atomic E-state index is 0.0549. The highest BCUT2D eigenvalue weighted by atomic mass is 16.5. The van der Waals surface area contributed by atoms with Crippen LogP contribution in [-0.2, 0) is 11.2 Å². The van der Waals surface area contributed by atoms with E-state index >= 15 is 0 Å². The predicted molar refractivity (Wildman–Crippen MR) is 112 cm³/mol. The van der Waals surface area contributed by atoms with Crippen LogP contribution in [0.2, 0.25) is 0 Å². The van der Waals surface area contributed by atoms with Crippen LogP contribution in [0.15, 0.2) is 42.7 Å². The zero-order valence-corrected chi connectivity index (χ0v) is 16.1. The summed E-state index contributed by atoms with van der Waals surface area (Å²) in [5, 5.41) is 3.61. The maximum Gasteiger partial charge on any atom is 0.219 e. The van der Waals surface area contributed by atoms with Gasteiger partial charge < -0.3 is 20.7 Å². The number of hydrogen-bond acceptors (Lipinski definition) is 8. The van der Waals surface area contributed by atoms with Crippen molar-refractivity contribution >= 4 is 17.5 Å². The van der Waals surface area contributed by atoms with Crippen molar-refractivity contribution in [2.24, 2.45) is 0 Å². The van der Waals surface area contributed by atoms with E-state index in [-0.39, 0.29) is 12.0 Å². The molecule has 2 aromatic heterocycles. The molecule has 5 rings (SSSR count). The summed E-state index contributed by atoms with van der Waals surface area (Å²) in [5.74, 6) is 1.95. The fourth-order valence-electron chi connectivity index (χ4n) is 3.81. The monoisotopic (exact) mass is 389 g/mol. The molecule has 1 atom stereocenters. The summed E-state index contributed by atoms with van der Waals surface area (Å²) in [6.45, 7) is 3.04. The molecule has 3 aromatic rings. The molecule has 2 aliphatic rings. The summed E-state index contributed by atoms with van der Waals surface area (Å²) in [7, 11) is 0. The zero-order chi connectivity index (χ0) is 19.6. The van der Waals surface area contributed by atoms with Gasteiger partial charge in [-0.15, -0.1) is 0 Å². The molecule has 1 unspecified atom stereocenters. The van der Waals surface area contributed by atoms with E-state index in [1.807, 2.05) is 6.07 Å². The van der Waals surface area contributed by atoms with Crippen LogP contribution in [0.1, 0.15) is 23.9 Å². The Morgan fingerprint density at radius 2 is 1.86 bits per heavy atom. The third-order valence-electron chi connectivity index (χ3n) is 5.39. The molecule has 0 bridgehead atoms. The lowest BCUT2D eigenvalue weighted by Crippen LogP contribution is -2.37. The van der Waals surface area contributed by atoms with Gasteiger partial charge >= 0.3 is 0 Å². The first-order chi connectivity index (χ1) is 14.3. The molecule has 3 N–H and O–H groups in total. The average molecular weight is 389 g/mol. The van der Waals surface area contributed by atoms with Crippen molar-refractivity contribution in [1.82, 2.24) is 19.9 Å². The number of ether oxygens (including phenoxy) is 1. The van der Waals surface area contributed by atoms with Crippen molar-refractivity contribution in [3.8, 4) is 11.3 Å². The Hall–Kier alpha value is -3.26. The Morgan fingerprint density at radius 3 is 2.69 bits per heavy atom. The predicted octanol–water partition coefficient (Wildman–Crippen LogP) is 2.45. The third-order valence-corrected chi connectivity index (χ3v) is 5.39. The van der Waals surface area contributed by atoms with E-state index in [1.54, 1.807) is 12.4 Å². The summed E-state index contributed by atoms with van der Waals surface area (Å²) in [6, 6.07) is 10.5. The summed E-state index contributed by atoms with van der Waals surface area (Å²) in [5.41, 5.74) is 9.77. The van der Waals surface area contributed by atoms with Crippen molar-refractivity contribution in [2.45, 2.75) is 18.9 Å². The van der Waals surface area contributed by atoms with Crippen LogP contribution in [-0.4, -0.2) is 46.2 Å². The summed E-state index contributed by atoms with van der Waals surface area (Å²) < 4.78 is 5.50. The number of fused-ring (bicyclic) bond motifs is 1. The number of nitrogens with one attached hydrogen (secondary N) is 1. The normalized spacial score (nSPS) is 18.8. The summed E-state index contributed by atoms with van der Waals surface area (Å²) in [6.07, 6.45) is 5.36. The Kier molecular flexibility index (Phi) is 4.69. The van der Waals surface area contributed by atoms with E-state index < -0.39 is 0 Å². The van der Waals surface area contributed by atoms with Gasteiger partial charge in [0.05, 0.1) is 24.9 Å². The lowest BCUT2D eigenvalue weighted by Gasteiger charge is -2.30. The molecular formula is C21H23N7O. The van der Waals surface area contributed by atoms with Gasteiger partial charge in [0.25, 0.3) is 0 Å². The summed E-state index contributed by atoms with van der Waals surface area (Å²) >= 11 is 0. The van der Waals surface area contributed by atoms with Crippen LogP contribution in [0.5, 0.6) is 0 Å². The van der Waals surface area contributed by atoms with Crippen molar-refractivity contribution in [3.05, 3.63) is 54.1 Å². The first-order valence-corrected chi connectivity index (χ1v) is 9.90. The first-order valence-electron chi connectivity index (χ1n) is 9.90. The fourth-order valence-corrected chi connectivity index (χ4v) is 3.81. The average Bonchev–Trinajstić information content (AvgIpc) is 2.79. The number of benzene rings is 1. The number of hydrogen-bond donors (Lipinski definition) is 2. The molecule has 4 heterocycles. The number of para-hydroxylation sites is 1. The topological polar surface area (TPSA) is 102 Å². The van der Waals surface area contributed by atoms with Crippen molar-refractivity contribution in [2.75, 3.05) is 42.3 Å². The molecule has 0 radical (unpaired) electrons. The number of nitrogen functional groups attached to an aromatic ring is 1. The van der Waals surface area contributed by atoms with Crippen LogP contribution < -0.4 is 16.0 Å². The maximum atomic E-state index is 5.66. The lowest BCUT2D eigenvalue weighted by atomic mass is 9.97. The fraction of sp³-hybridized carbons (Fsp3) is 0.333. The molecule has 2 aliphatic heterocycles. The second-order valence-corrected chi connectivity index (χ2v) is 7.29. The van der Waals surface area contributed by atoms with Gasteiger partial charge in [-0.3, -0.25) is 0 Å². The minimum atomic E-state index is 0.0549. The summed E-state index contributed by atoms with van der Waals surface area (Å²) in [4.78, 5) is 20.3. The van der Waals surface area contributed by atoms with Crippen LogP contribution in [0, 0.1) is 0 Å². The van der Waals surface area contributed by atoms with E-state index in [4.69, 9.17) is 20.4 Å². The van der Waals surface area contributed by atoms with E-state index in [0.29, 0.717) is 13.2 Å². The van der Waals surface area contributed by atoms with Crippen LogP contribution in [0.25, 0.3) is 11.3 Å². The smallest absolute Gasteiger partial charge is 0.219 e. The molecule has 0 saturated carbocycles. The molecule has 1 aromatic carbocycles. The number of morpholine rings is 1. The van der Waals surface area contributed by atoms with Gasteiger partial charge in [0.2, 0.25) is 5.95 Å². The zero-order valence-electron chi connectivity index (χ0n) is 16.1. The first kappa shape index (κ1) is 17.8. The Bertz CT molecular complexity index is 1000. The SMILES string of the molecule is Nc1ncc(-c2cc(N3CCOCC3)nc(C3CCc4ccccc4N3)n2)cn1. The minimum Gasteiger partial charge on any atom is -0.378 e. The molecule has 8 nitrogen and oxygen atoms in total. The number of rotatable bonds is 3. The van der Waals surface area contributed by atoms with E-state index in [9.17, 15) is 0 Å². The van der Waals surface area contributed by atoms with Crippen molar-refractivity contribution < 1.29 is 4.74 Å². The Morgan fingerprint density at radius 1 is 1.07 bits per heavy atom. The van der Waals surface area contributed by atoms with Crippen molar-refractivity contribution in [1.29, 1.82) is 0 Å². The van der Waals surface area contributed by atoms with Gasteiger partial charge in [0, 0.05) is 42.8 Å². The van der Waals surface area contributed by atoms with Crippen molar-refractivity contribution in [3.63, 3.8) is 0 Å². The number of anilines is 3. The molecule has 29 heavy (non-hydrogen) atoms. The molecule has 0 aliphatic carbocycles. The number of nitrogens with zero attached hydrogens (tertiary/aromatic N) is 5. The van der Waals surface area contributed by atoms with Crippen LogP contribution in [0.4, 0.5) is 17.5 Å². The molecular weight excluding hydrogens is 366 g/mol. The van der Waals surface area contributed by atoms with Gasteiger partial charge in [-0.25, -0.2) is 19.9 Å². The molecule has 0 amide bonds. The van der Waals surface area contributed by atoms with E-state index in [2.05, 4.69) is 44.5 Å². The number of aromatic nitrogens is 4. The largest absolute Gasteiger partial charge is 0.378 e. The van der Waals surface area contributed by atoms with Gasteiger partial charge in [0.1, 0.15) is 5.82 Å². The quantitative estimate of drug-likeness (QED) is 0.704. The Balaban J connectivity index is 1.53.